The summed E-state index contributed by atoms with van der Waals surface area (Å²) in [7, 11) is 0. The van der Waals surface area contributed by atoms with E-state index in [0.717, 1.165) is 11.1 Å². The maximum absolute atomic E-state index is 11.4. The molecule has 1 rings (SSSR count). The number of hydrogen-bond acceptors (Lipinski definition) is 1. The lowest BCUT2D eigenvalue weighted by Crippen LogP contribution is -2.39. The second-order valence-corrected chi connectivity index (χ2v) is 4.79. The quantitative estimate of drug-likeness (QED) is 0.717. The molecule has 0 saturated carbocycles. The maximum atomic E-state index is 11.4. The molecule has 2 atom stereocenters. The molecule has 0 aromatic rings. The van der Waals surface area contributed by atoms with Gasteiger partial charge in [0.1, 0.15) is 0 Å². The third-order valence-corrected chi connectivity index (χ3v) is 4.46. The average Bonchev–Trinajstić information content (AvgIpc) is 2.20. The van der Waals surface area contributed by atoms with Crippen LogP contribution in [0.2, 0.25) is 0 Å². The molecule has 0 spiro atoms. The van der Waals surface area contributed by atoms with Crippen LogP contribution in [0.1, 0.15) is 41.5 Å². The highest BCUT2D eigenvalue weighted by Crippen LogP contribution is 2.47. The van der Waals surface area contributed by atoms with Crippen molar-refractivity contribution in [3.8, 4) is 0 Å². The van der Waals surface area contributed by atoms with E-state index in [1.807, 2.05) is 34.6 Å². The summed E-state index contributed by atoms with van der Waals surface area (Å²) in [5, 5.41) is 9.40. The van der Waals surface area contributed by atoms with Gasteiger partial charge in [-0.1, -0.05) is 18.1 Å². The Kier molecular flexibility index (Phi) is 2.81. The highest BCUT2D eigenvalue weighted by atomic mass is 16.4. The molecule has 1 aliphatic rings. The number of aliphatic carboxylic acids is 1. The van der Waals surface area contributed by atoms with Gasteiger partial charge >= 0.3 is 5.97 Å². The van der Waals surface area contributed by atoms with Crippen LogP contribution < -0.4 is 0 Å². The van der Waals surface area contributed by atoms with Gasteiger partial charge in [0.2, 0.25) is 0 Å². The Morgan fingerprint density at radius 3 is 2.07 bits per heavy atom. The molecule has 0 radical (unpaired) electrons. The predicted molar refractivity (Wildman–Crippen MR) is 61.7 cm³/mol. The van der Waals surface area contributed by atoms with Crippen molar-refractivity contribution in [2.24, 2.45) is 11.3 Å². The molecular formula is C13H20O2. The van der Waals surface area contributed by atoms with Crippen molar-refractivity contribution in [2.75, 3.05) is 0 Å². The van der Waals surface area contributed by atoms with Crippen molar-refractivity contribution >= 4 is 5.97 Å². The summed E-state index contributed by atoms with van der Waals surface area (Å²) in [6.07, 6.45) is 0. The first-order valence-electron chi connectivity index (χ1n) is 5.33. The standard InChI is InChI=1S/C13H20O2/c1-7-8(2)10(4)13(6,12(14)15)11(5)9(7)3/h10H,1-6H3,(H,14,15). The Morgan fingerprint density at radius 2 is 1.67 bits per heavy atom. The molecule has 0 aromatic heterocycles. The Hall–Kier alpha value is -1.05. The monoisotopic (exact) mass is 208 g/mol. The zero-order valence-corrected chi connectivity index (χ0v) is 10.4. The summed E-state index contributed by atoms with van der Waals surface area (Å²) in [4.78, 5) is 11.4. The molecule has 84 valence electrons. The van der Waals surface area contributed by atoms with Crippen molar-refractivity contribution < 1.29 is 9.90 Å². The zero-order valence-electron chi connectivity index (χ0n) is 10.4. The molecule has 2 nitrogen and oxygen atoms in total. The lowest BCUT2D eigenvalue weighted by atomic mass is 9.64. The summed E-state index contributed by atoms with van der Waals surface area (Å²) in [5.74, 6) is -0.655. The Morgan fingerprint density at radius 1 is 1.20 bits per heavy atom. The van der Waals surface area contributed by atoms with Crippen LogP contribution in [-0.2, 0) is 4.79 Å². The Bertz CT molecular complexity index is 374. The molecule has 0 aliphatic heterocycles. The van der Waals surface area contributed by atoms with Crippen LogP contribution in [0.4, 0.5) is 0 Å². The van der Waals surface area contributed by atoms with E-state index < -0.39 is 11.4 Å². The highest BCUT2D eigenvalue weighted by Gasteiger charge is 2.44. The van der Waals surface area contributed by atoms with Gasteiger partial charge in [0, 0.05) is 0 Å². The van der Waals surface area contributed by atoms with Gasteiger partial charge in [-0.3, -0.25) is 4.79 Å². The van der Waals surface area contributed by atoms with E-state index in [0.29, 0.717) is 0 Å². The number of carboxylic acid groups (broad SMARTS) is 1. The third-order valence-electron chi connectivity index (χ3n) is 4.46. The maximum Gasteiger partial charge on any atom is 0.314 e. The minimum Gasteiger partial charge on any atom is -0.481 e. The fourth-order valence-corrected chi connectivity index (χ4v) is 2.39. The number of carboxylic acids is 1. The van der Waals surface area contributed by atoms with Crippen LogP contribution >= 0.6 is 0 Å². The van der Waals surface area contributed by atoms with Crippen molar-refractivity contribution in [3.63, 3.8) is 0 Å². The molecule has 2 unspecified atom stereocenters. The van der Waals surface area contributed by atoms with Crippen LogP contribution in [0.25, 0.3) is 0 Å². The number of rotatable bonds is 1. The van der Waals surface area contributed by atoms with Crippen LogP contribution in [0.3, 0.4) is 0 Å². The van der Waals surface area contributed by atoms with Crippen molar-refractivity contribution in [1.29, 1.82) is 0 Å². The van der Waals surface area contributed by atoms with Crippen LogP contribution in [0, 0.1) is 11.3 Å². The fraction of sp³-hybridized carbons (Fsp3) is 0.615. The van der Waals surface area contributed by atoms with Gasteiger partial charge < -0.3 is 5.11 Å². The van der Waals surface area contributed by atoms with Crippen molar-refractivity contribution in [2.45, 2.75) is 41.5 Å². The lowest BCUT2D eigenvalue weighted by molar-refractivity contribution is -0.147. The topological polar surface area (TPSA) is 37.3 Å². The number of allylic oxidation sites excluding steroid dienone is 3. The molecular weight excluding hydrogens is 188 g/mol. The summed E-state index contributed by atoms with van der Waals surface area (Å²) < 4.78 is 0. The first-order valence-corrected chi connectivity index (χ1v) is 5.33. The van der Waals surface area contributed by atoms with Crippen LogP contribution in [0.15, 0.2) is 22.3 Å². The third kappa shape index (κ3) is 1.43. The van der Waals surface area contributed by atoms with E-state index in [1.165, 1.54) is 11.1 Å². The molecule has 0 saturated heterocycles. The predicted octanol–water partition coefficient (Wildman–Crippen LogP) is 3.40. The average molecular weight is 208 g/mol. The van der Waals surface area contributed by atoms with Crippen molar-refractivity contribution in [3.05, 3.63) is 22.3 Å². The van der Waals surface area contributed by atoms with Crippen LogP contribution in [-0.4, -0.2) is 11.1 Å². The second kappa shape index (κ2) is 3.51. The van der Waals surface area contributed by atoms with E-state index in [9.17, 15) is 9.90 Å². The molecule has 0 fully saturated rings. The summed E-state index contributed by atoms with van der Waals surface area (Å²) in [6, 6.07) is 0. The molecule has 2 heteroatoms. The zero-order chi connectivity index (χ0) is 12.0. The molecule has 1 aliphatic carbocycles. The van der Waals surface area contributed by atoms with Gasteiger partial charge in [-0.25, -0.2) is 0 Å². The Labute approximate surface area is 91.7 Å². The van der Waals surface area contributed by atoms with E-state index in [-0.39, 0.29) is 5.92 Å². The molecule has 0 heterocycles. The lowest BCUT2D eigenvalue weighted by Gasteiger charge is -2.39. The van der Waals surface area contributed by atoms with Crippen LogP contribution in [0.5, 0.6) is 0 Å². The SMILES string of the molecule is CC1=C(C)C(C)C(C)(C(=O)O)C(C)=C1C. The second-order valence-electron chi connectivity index (χ2n) is 4.79. The largest absolute Gasteiger partial charge is 0.481 e. The summed E-state index contributed by atoms with van der Waals surface area (Å²) in [5.41, 5.74) is 3.83. The first kappa shape index (κ1) is 12.0. The molecule has 0 amide bonds. The highest BCUT2D eigenvalue weighted by molar-refractivity contribution is 5.80. The van der Waals surface area contributed by atoms with Crippen molar-refractivity contribution in [1.82, 2.24) is 0 Å². The minimum absolute atomic E-state index is 0.0682. The molecule has 15 heavy (non-hydrogen) atoms. The van der Waals surface area contributed by atoms with Gasteiger partial charge in [-0.05, 0) is 51.7 Å². The van der Waals surface area contributed by atoms with Gasteiger partial charge in [-0.2, -0.15) is 0 Å². The Balaban J connectivity index is 3.45. The van der Waals surface area contributed by atoms with Gasteiger partial charge in [0.25, 0.3) is 0 Å². The summed E-state index contributed by atoms with van der Waals surface area (Å²) in [6.45, 7) is 11.9. The molecule has 0 bridgehead atoms. The van der Waals surface area contributed by atoms with E-state index in [2.05, 4.69) is 6.92 Å². The smallest absolute Gasteiger partial charge is 0.314 e. The molecule has 0 aromatic carbocycles. The summed E-state index contributed by atoms with van der Waals surface area (Å²) >= 11 is 0. The van der Waals surface area contributed by atoms with Gasteiger partial charge in [0.15, 0.2) is 0 Å². The van der Waals surface area contributed by atoms with Gasteiger partial charge in [-0.15, -0.1) is 0 Å². The first-order chi connectivity index (χ1) is 6.74. The van der Waals surface area contributed by atoms with E-state index in [1.54, 1.807) is 0 Å². The van der Waals surface area contributed by atoms with Gasteiger partial charge in [0.05, 0.1) is 5.41 Å². The minimum atomic E-state index is -0.742. The number of carbonyl (C=O) groups is 1. The number of hydrogen-bond donors (Lipinski definition) is 1. The normalized spacial score (nSPS) is 32.3. The van der Waals surface area contributed by atoms with E-state index >= 15 is 0 Å². The molecule has 1 N–H and O–H groups in total. The fourth-order valence-electron chi connectivity index (χ4n) is 2.39. The van der Waals surface area contributed by atoms with E-state index in [4.69, 9.17) is 0 Å².